The van der Waals surface area contributed by atoms with Crippen LogP contribution >= 0.6 is 11.6 Å². The molecule has 1 amide bonds. The zero-order chi connectivity index (χ0) is 30.6. The number of halogens is 4. The lowest BCUT2D eigenvalue weighted by Gasteiger charge is -2.38. The molecule has 6 rings (SSSR count). The van der Waals surface area contributed by atoms with Gasteiger partial charge in [0.15, 0.2) is 11.6 Å². The molecule has 1 N–H and O–H groups in total. The predicted molar refractivity (Wildman–Crippen MR) is 158 cm³/mol. The molecule has 43 heavy (non-hydrogen) atoms. The van der Waals surface area contributed by atoms with Gasteiger partial charge in [0.2, 0.25) is 0 Å². The molecule has 2 aromatic heterocycles. The van der Waals surface area contributed by atoms with Gasteiger partial charge in [-0.25, -0.2) is 13.2 Å². The third kappa shape index (κ3) is 4.94. The standard InChI is InChI=1S/C33H29ClF3N3O3/c1-17-16-38-29(21-6-4-7-25(27(21)36)39-32(42)33(43-3)12-5-13-33)28(37)30(17)40-18(2)14-24(26(34)31(40)41)23-15-22(23)19-8-10-20(35)11-9-19/h4,6-11,14,16,22-23H,5,12-13,15H2,1-3H3,(H,39,42)/t22-,23+/m1/s1. The molecule has 2 aromatic carbocycles. The van der Waals surface area contributed by atoms with Gasteiger partial charge in [0.25, 0.3) is 11.5 Å². The molecule has 2 heterocycles. The molecule has 2 saturated carbocycles. The van der Waals surface area contributed by atoms with Gasteiger partial charge < -0.3 is 10.1 Å². The van der Waals surface area contributed by atoms with Crippen LogP contribution in [0.4, 0.5) is 18.9 Å². The van der Waals surface area contributed by atoms with E-state index in [0.717, 1.165) is 18.4 Å². The summed E-state index contributed by atoms with van der Waals surface area (Å²) in [6, 6.07) is 12.3. The first-order valence-corrected chi connectivity index (χ1v) is 14.4. The van der Waals surface area contributed by atoms with E-state index in [9.17, 15) is 14.0 Å². The largest absolute Gasteiger partial charge is 0.368 e. The minimum atomic E-state index is -1.01. The molecule has 222 valence electrons. The fourth-order valence-electron chi connectivity index (χ4n) is 6.00. The van der Waals surface area contributed by atoms with E-state index >= 15 is 8.78 Å². The highest BCUT2D eigenvalue weighted by Crippen LogP contribution is 2.56. The second-order valence-corrected chi connectivity index (χ2v) is 11.7. The number of amides is 1. The molecular formula is C33H29ClF3N3O3. The molecule has 2 atom stereocenters. The van der Waals surface area contributed by atoms with Gasteiger partial charge >= 0.3 is 0 Å². The van der Waals surface area contributed by atoms with Crippen LogP contribution in [0.1, 0.15) is 59.9 Å². The Morgan fingerprint density at radius 1 is 1.07 bits per heavy atom. The van der Waals surface area contributed by atoms with Crippen molar-refractivity contribution in [1.82, 2.24) is 9.55 Å². The Hall–Kier alpha value is -3.95. The van der Waals surface area contributed by atoms with Crippen LogP contribution in [0, 0.1) is 31.3 Å². The number of anilines is 1. The van der Waals surface area contributed by atoms with Gasteiger partial charge in [0.05, 0.1) is 11.4 Å². The lowest BCUT2D eigenvalue weighted by atomic mass is 9.79. The van der Waals surface area contributed by atoms with Crippen molar-refractivity contribution in [3.05, 3.63) is 110 Å². The van der Waals surface area contributed by atoms with Crippen LogP contribution in [0.25, 0.3) is 16.9 Å². The van der Waals surface area contributed by atoms with Crippen LogP contribution in [-0.4, -0.2) is 28.2 Å². The molecule has 4 aromatic rings. The maximum absolute atomic E-state index is 16.3. The fraction of sp³-hybridized carbons (Fsp3) is 0.303. The van der Waals surface area contributed by atoms with Crippen molar-refractivity contribution < 1.29 is 22.7 Å². The number of rotatable bonds is 7. The van der Waals surface area contributed by atoms with Crippen LogP contribution in [0.5, 0.6) is 0 Å². The van der Waals surface area contributed by atoms with Gasteiger partial charge in [0, 0.05) is 24.6 Å². The van der Waals surface area contributed by atoms with Crippen molar-refractivity contribution >= 4 is 23.2 Å². The number of benzene rings is 2. The van der Waals surface area contributed by atoms with E-state index in [4.69, 9.17) is 16.3 Å². The molecule has 6 nitrogen and oxygen atoms in total. The Labute approximate surface area is 251 Å². The zero-order valence-corrected chi connectivity index (χ0v) is 24.6. The minimum absolute atomic E-state index is 0.0258. The number of aromatic nitrogens is 2. The predicted octanol–water partition coefficient (Wildman–Crippen LogP) is 7.37. The van der Waals surface area contributed by atoms with Gasteiger partial charge in [-0.05, 0) is 98.4 Å². The number of nitrogens with zero attached hydrogens (tertiary/aromatic N) is 2. The van der Waals surface area contributed by atoms with Gasteiger partial charge in [0.1, 0.15) is 22.1 Å². The summed E-state index contributed by atoms with van der Waals surface area (Å²) in [5, 5.41) is 2.55. The van der Waals surface area contributed by atoms with Gasteiger partial charge in [-0.1, -0.05) is 29.8 Å². The molecule has 0 aliphatic heterocycles. The average Bonchev–Trinajstić information content (AvgIpc) is 3.75. The number of ether oxygens (including phenoxy) is 1. The highest BCUT2D eigenvalue weighted by molar-refractivity contribution is 6.31. The van der Waals surface area contributed by atoms with Crippen molar-refractivity contribution in [3.63, 3.8) is 0 Å². The minimum Gasteiger partial charge on any atom is -0.368 e. The molecule has 0 saturated heterocycles. The van der Waals surface area contributed by atoms with Gasteiger partial charge in [-0.3, -0.25) is 19.1 Å². The van der Waals surface area contributed by atoms with E-state index in [0.29, 0.717) is 29.7 Å². The average molecular weight is 608 g/mol. The summed E-state index contributed by atoms with van der Waals surface area (Å²) in [5.41, 5.74) is 0.0767. The number of nitrogens with one attached hydrogen (secondary N) is 1. The first kappa shape index (κ1) is 29.1. The lowest BCUT2D eigenvalue weighted by Crippen LogP contribution is -2.50. The SMILES string of the molecule is COC1(C(=O)Nc2cccc(-c3ncc(C)c(-n4c(C)cc([C@H]5C[C@@H]5c5ccc(F)cc5)c(Cl)c4=O)c3F)c2F)CCC1. The topological polar surface area (TPSA) is 73.2 Å². The number of hydrogen-bond donors (Lipinski definition) is 1. The second-order valence-electron chi connectivity index (χ2n) is 11.3. The van der Waals surface area contributed by atoms with Crippen LogP contribution in [0.3, 0.4) is 0 Å². The molecule has 2 aliphatic rings. The van der Waals surface area contributed by atoms with E-state index in [1.54, 1.807) is 32.0 Å². The number of methoxy groups -OCH3 is 1. The Morgan fingerprint density at radius 3 is 2.44 bits per heavy atom. The van der Waals surface area contributed by atoms with E-state index < -0.39 is 28.7 Å². The lowest BCUT2D eigenvalue weighted by molar-refractivity contribution is -0.148. The third-order valence-electron chi connectivity index (χ3n) is 8.72. The maximum Gasteiger partial charge on any atom is 0.274 e. The molecule has 0 bridgehead atoms. The molecule has 2 fully saturated rings. The van der Waals surface area contributed by atoms with E-state index in [2.05, 4.69) is 10.3 Å². The fourth-order valence-corrected chi connectivity index (χ4v) is 6.27. The van der Waals surface area contributed by atoms with Crippen LogP contribution in [0.15, 0.2) is 59.5 Å². The smallest absolute Gasteiger partial charge is 0.274 e. The van der Waals surface area contributed by atoms with E-state index in [-0.39, 0.29) is 45.3 Å². The third-order valence-corrected chi connectivity index (χ3v) is 9.10. The maximum atomic E-state index is 16.3. The molecular weight excluding hydrogens is 579 g/mol. The first-order chi connectivity index (χ1) is 20.6. The summed E-state index contributed by atoms with van der Waals surface area (Å²) in [5.74, 6) is -2.49. The van der Waals surface area contributed by atoms with Crippen molar-refractivity contribution in [1.29, 1.82) is 0 Å². The van der Waals surface area contributed by atoms with Crippen LogP contribution < -0.4 is 10.9 Å². The molecule has 0 spiro atoms. The van der Waals surface area contributed by atoms with Crippen LogP contribution in [0.2, 0.25) is 5.02 Å². The van der Waals surface area contributed by atoms with Crippen molar-refractivity contribution in [3.8, 4) is 16.9 Å². The van der Waals surface area contributed by atoms with Gasteiger partial charge in [-0.15, -0.1) is 0 Å². The number of aryl methyl sites for hydroxylation is 2. The number of hydrogen-bond acceptors (Lipinski definition) is 4. The van der Waals surface area contributed by atoms with Gasteiger partial charge in [-0.2, -0.15) is 0 Å². The summed E-state index contributed by atoms with van der Waals surface area (Å²) >= 11 is 6.61. The monoisotopic (exact) mass is 607 g/mol. The normalized spacial score (nSPS) is 18.7. The summed E-state index contributed by atoms with van der Waals surface area (Å²) < 4.78 is 52.0. The first-order valence-electron chi connectivity index (χ1n) is 14.0. The number of carbonyl (C=O) groups is 1. The summed E-state index contributed by atoms with van der Waals surface area (Å²) in [7, 11) is 1.44. The molecule has 10 heteroatoms. The highest BCUT2D eigenvalue weighted by Gasteiger charge is 2.45. The molecule has 2 aliphatic carbocycles. The highest BCUT2D eigenvalue weighted by atomic mass is 35.5. The quantitative estimate of drug-likeness (QED) is 0.238. The van der Waals surface area contributed by atoms with Crippen molar-refractivity contribution in [2.75, 3.05) is 12.4 Å². The van der Waals surface area contributed by atoms with Crippen molar-refractivity contribution in [2.45, 2.75) is 57.0 Å². The van der Waals surface area contributed by atoms with E-state index in [1.165, 1.54) is 48.2 Å². The number of pyridine rings is 2. The molecule has 0 unspecified atom stereocenters. The molecule has 0 radical (unpaired) electrons. The summed E-state index contributed by atoms with van der Waals surface area (Å²) in [6.07, 6.45) is 3.99. The Balaban J connectivity index is 1.36. The summed E-state index contributed by atoms with van der Waals surface area (Å²) in [6.45, 7) is 3.28. The zero-order valence-electron chi connectivity index (χ0n) is 23.8. The summed E-state index contributed by atoms with van der Waals surface area (Å²) in [4.78, 5) is 30.7. The Morgan fingerprint density at radius 2 is 1.79 bits per heavy atom. The van der Waals surface area contributed by atoms with Crippen LogP contribution in [-0.2, 0) is 9.53 Å². The Kier molecular flexibility index (Phi) is 7.42. The number of carbonyl (C=O) groups excluding carboxylic acids is 1. The van der Waals surface area contributed by atoms with Crippen molar-refractivity contribution in [2.24, 2.45) is 0 Å². The second kappa shape index (κ2) is 11.0. The Bertz CT molecular complexity index is 1810. The van der Waals surface area contributed by atoms with E-state index in [1.807, 2.05) is 0 Å².